The Morgan fingerprint density at radius 1 is 1.50 bits per heavy atom. The molecule has 0 aliphatic heterocycles. The van der Waals surface area contributed by atoms with E-state index in [4.69, 9.17) is 17.0 Å². The van der Waals surface area contributed by atoms with Crippen LogP contribution < -0.4 is 15.4 Å². The summed E-state index contributed by atoms with van der Waals surface area (Å²) in [7, 11) is 1.45. The monoisotopic (exact) mass is 268 g/mol. The van der Waals surface area contributed by atoms with Gasteiger partial charge in [-0.2, -0.15) is 0 Å². The van der Waals surface area contributed by atoms with Crippen LogP contribution in [-0.4, -0.2) is 18.3 Å². The molecule has 1 aromatic carbocycles. The van der Waals surface area contributed by atoms with Gasteiger partial charge in [0.15, 0.2) is 16.7 Å². The number of nitrogens with one attached hydrogen (secondary N) is 2. The van der Waals surface area contributed by atoms with E-state index < -0.39 is 0 Å². The van der Waals surface area contributed by atoms with Crippen LogP contribution in [0.4, 0.5) is 4.39 Å². The average molecular weight is 268 g/mol. The lowest BCUT2D eigenvalue weighted by Crippen LogP contribution is -2.37. The molecule has 0 radical (unpaired) electrons. The van der Waals surface area contributed by atoms with Crippen molar-refractivity contribution in [3.05, 3.63) is 29.6 Å². The summed E-state index contributed by atoms with van der Waals surface area (Å²) in [6.45, 7) is 1.95. The predicted molar refractivity (Wildman–Crippen MR) is 73.3 cm³/mol. The highest BCUT2D eigenvalue weighted by Gasteiger charge is 2.22. The molecule has 0 aromatic heterocycles. The molecule has 0 amide bonds. The molecule has 1 fully saturated rings. The molecule has 1 saturated carbocycles. The van der Waals surface area contributed by atoms with Crippen molar-refractivity contribution in [3.8, 4) is 5.75 Å². The van der Waals surface area contributed by atoms with Gasteiger partial charge in [0.2, 0.25) is 0 Å². The van der Waals surface area contributed by atoms with Crippen molar-refractivity contribution in [2.75, 3.05) is 7.11 Å². The molecule has 2 N–H and O–H groups in total. The van der Waals surface area contributed by atoms with Gasteiger partial charge in [0, 0.05) is 6.04 Å². The topological polar surface area (TPSA) is 33.3 Å². The third kappa shape index (κ3) is 3.32. The van der Waals surface area contributed by atoms with Crippen molar-refractivity contribution in [2.24, 2.45) is 0 Å². The smallest absolute Gasteiger partial charge is 0.166 e. The first kappa shape index (κ1) is 13.1. The van der Waals surface area contributed by atoms with Crippen molar-refractivity contribution in [1.82, 2.24) is 10.6 Å². The van der Waals surface area contributed by atoms with Crippen molar-refractivity contribution in [2.45, 2.75) is 31.8 Å². The third-order valence-electron chi connectivity index (χ3n) is 2.94. The van der Waals surface area contributed by atoms with E-state index in [9.17, 15) is 4.39 Å². The van der Waals surface area contributed by atoms with E-state index in [1.54, 1.807) is 6.07 Å². The van der Waals surface area contributed by atoms with Gasteiger partial charge in [0.1, 0.15) is 0 Å². The summed E-state index contributed by atoms with van der Waals surface area (Å²) in [6, 6.07) is 5.41. The van der Waals surface area contributed by atoms with Gasteiger partial charge in [-0.1, -0.05) is 6.07 Å². The minimum atomic E-state index is -0.357. The van der Waals surface area contributed by atoms with E-state index in [1.807, 2.05) is 13.0 Å². The summed E-state index contributed by atoms with van der Waals surface area (Å²) >= 11 is 5.19. The molecular formula is C13H17FN2OS. The molecule has 5 heteroatoms. The fourth-order valence-corrected chi connectivity index (χ4v) is 2.03. The minimum Gasteiger partial charge on any atom is -0.494 e. The lowest BCUT2D eigenvalue weighted by Gasteiger charge is -2.17. The Bertz CT molecular complexity index is 449. The molecule has 1 aromatic rings. The Hall–Kier alpha value is -1.36. The number of hydrogen-bond donors (Lipinski definition) is 2. The predicted octanol–water partition coefficient (Wildman–Crippen LogP) is 2.52. The number of halogens is 1. The summed E-state index contributed by atoms with van der Waals surface area (Å²) in [5.74, 6) is -0.102. The standard InChI is InChI=1S/C13H17FN2OS/c1-8(15-13(18)16-10-4-5-10)9-3-6-12(17-2)11(14)7-9/h3,6-8,10H,4-5H2,1-2H3,(H2,15,16,18)/t8-/m1/s1. The molecule has 98 valence electrons. The molecule has 1 aliphatic carbocycles. The van der Waals surface area contributed by atoms with Crippen molar-refractivity contribution >= 4 is 17.3 Å². The Labute approximate surface area is 112 Å². The second kappa shape index (κ2) is 5.52. The van der Waals surface area contributed by atoms with E-state index in [2.05, 4.69) is 10.6 Å². The molecule has 1 aliphatic rings. The van der Waals surface area contributed by atoms with Gasteiger partial charge in [-0.15, -0.1) is 0 Å². The molecule has 0 heterocycles. The minimum absolute atomic E-state index is 0.0378. The fraction of sp³-hybridized carbons (Fsp3) is 0.462. The molecule has 0 unspecified atom stereocenters. The van der Waals surface area contributed by atoms with Crippen LogP contribution in [0.2, 0.25) is 0 Å². The Balaban J connectivity index is 1.96. The molecule has 0 saturated heterocycles. The first-order valence-electron chi connectivity index (χ1n) is 6.00. The summed E-state index contributed by atoms with van der Waals surface area (Å²) in [6.07, 6.45) is 2.35. The molecule has 2 rings (SSSR count). The number of ether oxygens (including phenoxy) is 1. The van der Waals surface area contributed by atoms with Crippen LogP contribution >= 0.6 is 12.2 Å². The molecule has 1 atom stereocenters. The third-order valence-corrected chi connectivity index (χ3v) is 3.17. The van der Waals surface area contributed by atoms with Gasteiger partial charge in [-0.25, -0.2) is 4.39 Å². The van der Waals surface area contributed by atoms with Crippen LogP contribution in [0, 0.1) is 5.82 Å². The Kier molecular flexibility index (Phi) is 4.01. The normalized spacial score (nSPS) is 15.9. The summed E-state index contributed by atoms with van der Waals surface area (Å²) in [4.78, 5) is 0. The first-order valence-corrected chi connectivity index (χ1v) is 6.41. The maximum absolute atomic E-state index is 13.6. The van der Waals surface area contributed by atoms with E-state index in [0.717, 1.165) is 5.56 Å². The van der Waals surface area contributed by atoms with E-state index in [1.165, 1.54) is 26.0 Å². The number of hydrogen-bond acceptors (Lipinski definition) is 2. The van der Waals surface area contributed by atoms with Crippen molar-refractivity contribution < 1.29 is 9.13 Å². The van der Waals surface area contributed by atoms with Crippen LogP contribution in [-0.2, 0) is 0 Å². The largest absolute Gasteiger partial charge is 0.494 e. The average Bonchev–Trinajstić information content (AvgIpc) is 3.12. The Morgan fingerprint density at radius 2 is 2.22 bits per heavy atom. The van der Waals surface area contributed by atoms with E-state index >= 15 is 0 Å². The fourth-order valence-electron chi connectivity index (χ4n) is 1.69. The zero-order valence-electron chi connectivity index (χ0n) is 10.5. The zero-order chi connectivity index (χ0) is 13.1. The van der Waals surface area contributed by atoms with Crippen LogP contribution in [0.1, 0.15) is 31.4 Å². The maximum atomic E-state index is 13.6. The lowest BCUT2D eigenvalue weighted by molar-refractivity contribution is 0.386. The summed E-state index contributed by atoms with van der Waals surface area (Å²) in [5.41, 5.74) is 0.841. The number of rotatable bonds is 4. The molecular weight excluding hydrogens is 251 g/mol. The van der Waals surface area contributed by atoms with Gasteiger partial charge in [-0.05, 0) is 49.7 Å². The van der Waals surface area contributed by atoms with Crippen LogP contribution in [0.3, 0.4) is 0 Å². The highest BCUT2D eigenvalue weighted by atomic mass is 32.1. The van der Waals surface area contributed by atoms with Gasteiger partial charge in [0.25, 0.3) is 0 Å². The number of thiocarbonyl (C=S) groups is 1. The second-order valence-electron chi connectivity index (χ2n) is 4.51. The molecule has 18 heavy (non-hydrogen) atoms. The van der Waals surface area contributed by atoms with Crippen LogP contribution in [0.15, 0.2) is 18.2 Å². The molecule has 0 bridgehead atoms. The van der Waals surface area contributed by atoms with E-state index in [0.29, 0.717) is 11.2 Å². The SMILES string of the molecule is COc1ccc([C@@H](C)NC(=S)NC2CC2)cc1F. The van der Waals surface area contributed by atoms with Gasteiger partial charge in [-0.3, -0.25) is 0 Å². The number of benzene rings is 1. The Morgan fingerprint density at radius 3 is 2.78 bits per heavy atom. The van der Waals surface area contributed by atoms with Crippen LogP contribution in [0.25, 0.3) is 0 Å². The summed E-state index contributed by atoms with van der Waals surface area (Å²) < 4.78 is 18.5. The van der Waals surface area contributed by atoms with Gasteiger partial charge in [0.05, 0.1) is 13.2 Å². The van der Waals surface area contributed by atoms with Gasteiger partial charge < -0.3 is 15.4 Å². The van der Waals surface area contributed by atoms with Crippen LogP contribution in [0.5, 0.6) is 5.75 Å². The van der Waals surface area contributed by atoms with Gasteiger partial charge >= 0.3 is 0 Å². The second-order valence-corrected chi connectivity index (χ2v) is 4.92. The highest BCUT2D eigenvalue weighted by Crippen LogP contribution is 2.22. The lowest BCUT2D eigenvalue weighted by atomic mass is 10.1. The molecule has 0 spiro atoms. The summed E-state index contributed by atoms with van der Waals surface area (Å²) in [5, 5.41) is 6.96. The number of methoxy groups -OCH3 is 1. The highest BCUT2D eigenvalue weighted by molar-refractivity contribution is 7.80. The van der Waals surface area contributed by atoms with Crippen molar-refractivity contribution in [3.63, 3.8) is 0 Å². The van der Waals surface area contributed by atoms with E-state index in [-0.39, 0.29) is 17.6 Å². The van der Waals surface area contributed by atoms with Crippen molar-refractivity contribution in [1.29, 1.82) is 0 Å². The quantitative estimate of drug-likeness (QED) is 0.822. The first-order chi connectivity index (χ1) is 8.60. The zero-order valence-corrected chi connectivity index (χ0v) is 11.3. The maximum Gasteiger partial charge on any atom is 0.166 e. The molecule has 3 nitrogen and oxygen atoms in total.